The summed E-state index contributed by atoms with van der Waals surface area (Å²) >= 11 is 0. The van der Waals surface area contributed by atoms with Crippen LogP contribution < -0.4 is 20.9 Å². The Morgan fingerprint density at radius 2 is 1.50 bits per heavy atom. The molecule has 2 aromatic rings. The molecule has 136 valence electrons. The van der Waals surface area contributed by atoms with Gasteiger partial charge in [0.1, 0.15) is 0 Å². The number of amides is 4. The van der Waals surface area contributed by atoms with E-state index in [1.165, 1.54) is 12.1 Å². The van der Waals surface area contributed by atoms with Gasteiger partial charge in [0, 0.05) is 30.2 Å². The van der Waals surface area contributed by atoms with Crippen LogP contribution in [0.25, 0.3) is 0 Å². The molecule has 1 aliphatic rings. The second-order valence-electron chi connectivity index (χ2n) is 5.58. The largest absolute Gasteiger partial charge is 0.416 e. The lowest BCUT2D eigenvalue weighted by Gasteiger charge is -2.15. The van der Waals surface area contributed by atoms with E-state index < -0.39 is 17.8 Å². The number of urea groups is 2. The smallest absolute Gasteiger partial charge is 0.336 e. The predicted molar refractivity (Wildman–Crippen MR) is 91.3 cm³/mol. The second kappa shape index (κ2) is 6.95. The Hall–Kier alpha value is -3.23. The topological polar surface area (TPSA) is 73.5 Å². The van der Waals surface area contributed by atoms with E-state index in [1.54, 1.807) is 29.2 Å². The zero-order valence-corrected chi connectivity index (χ0v) is 13.4. The molecule has 9 heteroatoms. The molecule has 0 unspecified atom stereocenters. The number of carbonyl (C=O) groups is 2. The van der Waals surface area contributed by atoms with Crippen LogP contribution in [0.4, 0.5) is 39.8 Å². The van der Waals surface area contributed by atoms with Gasteiger partial charge in [-0.15, -0.1) is 0 Å². The maximum absolute atomic E-state index is 12.5. The summed E-state index contributed by atoms with van der Waals surface area (Å²) in [7, 11) is 0. The van der Waals surface area contributed by atoms with Gasteiger partial charge in [-0.3, -0.25) is 4.90 Å². The van der Waals surface area contributed by atoms with Crippen molar-refractivity contribution in [2.45, 2.75) is 6.18 Å². The summed E-state index contributed by atoms with van der Waals surface area (Å²) in [6.07, 6.45) is -4.42. The fourth-order valence-corrected chi connectivity index (χ4v) is 2.48. The van der Waals surface area contributed by atoms with Crippen molar-refractivity contribution in [3.05, 3.63) is 54.1 Å². The molecule has 0 spiro atoms. The highest BCUT2D eigenvalue weighted by molar-refractivity contribution is 6.00. The van der Waals surface area contributed by atoms with Gasteiger partial charge in [-0.1, -0.05) is 0 Å². The van der Waals surface area contributed by atoms with E-state index in [2.05, 4.69) is 16.0 Å². The molecule has 1 heterocycles. The summed E-state index contributed by atoms with van der Waals surface area (Å²) < 4.78 is 37.5. The summed E-state index contributed by atoms with van der Waals surface area (Å²) in [4.78, 5) is 25.1. The second-order valence-corrected chi connectivity index (χ2v) is 5.58. The highest BCUT2D eigenvalue weighted by atomic mass is 19.4. The lowest BCUT2D eigenvalue weighted by Crippen LogP contribution is -2.27. The summed E-state index contributed by atoms with van der Waals surface area (Å²) in [6, 6.07) is 10.0. The first-order chi connectivity index (χ1) is 12.3. The number of nitrogens with one attached hydrogen (secondary N) is 3. The summed E-state index contributed by atoms with van der Waals surface area (Å²) in [5, 5.41) is 7.72. The fraction of sp³-hybridized carbons (Fsp3) is 0.176. The van der Waals surface area contributed by atoms with Crippen LogP contribution in [0.15, 0.2) is 48.5 Å². The minimum atomic E-state index is -4.42. The average Bonchev–Trinajstić information content (AvgIpc) is 3.01. The number of hydrogen-bond acceptors (Lipinski definition) is 2. The Bertz CT molecular complexity index is 804. The van der Waals surface area contributed by atoms with Crippen LogP contribution >= 0.6 is 0 Å². The molecule has 0 saturated carbocycles. The maximum atomic E-state index is 12.5. The van der Waals surface area contributed by atoms with Crippen LogP contribution in [-0.2, 0) is 6.18 Å². The normalized spacial score (nSPS) is 14.1. The van der Waals surface area contributed by atoms with Crippen LogP contribution in [0.1, 0.15) is 5.56 Å². The van der Waals surface area contributed by atoms with Crippen LogP contribution in [0, 0.1) is 0 Å². The van der Waals surface area contributed by atoms with Gasteiger partial charge in [0.05, 0.1) is 5.56 Å². The van der Waals surface area contributed by atoms with Crippen LogP contribution in [0.3, 0.4) is 0 Å². The fourth-order valence-electron chi connectivity index (χ4n) is 2.48. The minimum absolute atomic E-state index is 0.175. The van der Waals surface area contributed by atoms with E-state index in [0.717, 1.165) is 12.1 Å². The van der Waals surface area contributed by atoms with Crippen molar-refractivity contribution in [2.75, 3.05) is 28.6 Å². The molecule has 1 fully saturated rings. The number of benzene rings is 2. The molecule has 0 atom stereocenters. The Morgan fingerprint density at radius 1 is 0.962 bits per heavy atom. The van der Waals surface area contributed by atoms with Gasteiger partial charge < -0.3 is 16.0 Å². The number of rotatable bonds is 3. The number of hydrogen-bond donors (Lipinski definition) is 3. The lowest BCUT2D eigenvalue weighted by molar-refractivity contribution is -0.137. The van der Waals surface area contributed by atoms with E-state index in [-0.39, 0.29) is 11.7 Å². The molecule has 6 nitrogen and oxygen atoms in total. The third kappa shape index (κ3) is 4.05. The molecule has 0 radical (unpaired) electrons. The number of halogens is 3. The summed E-state index contributed by atoms with van der Waals surface area (Å²) in [5.41, 5.74) is 0.636. The average molecular weight is 364 g/mol. The third-order valence-corrected chi connectivity index (χ3v) is 3.76. The highest BCUT2D eigenvalue weighted by Gasteiger charge is 2.30. The molecule has 2 aromatic carbocycles. The highest BCUT2D eigenvalue weighted by Crippen LogP contribution is 2.29. The SMILES string of the molecule is O=C(Nc1ccc(N2CCNC2=O)cc1)Nc1ccc(C(F)(F)F)cc1. The van der Waals surface area contributed by atoms with Crippen molar-refractivity contribution in [3.63, 3.8) is 0 Å². The lowest BCUT2D eigenvalue weighted by atomic mass is 10.2. The van der Waals surface area contributed by atoms with Crippen molar-refractivity contribution >= 4 is 29.1 Å². The first kappa shape index (κ1) is 17.6. The number of nitrogens with zero attached hydrogens (tertiary/aromatic N) is 1. The standard InChI is InChI=1S/C17H15F3N4O2/c18-17(19,20)11-1-3-12(4-2-11)22-15(25)23-13-5-7-14(8-6-13)24-10-9-21-16(24)26/h1-8H,9-10H2,(H,21,26)(H2,22,23,25). The Morgan fingerprint density at radius 3 is 1.96 bits per heavy atom. The van der Waals surface area contributed by atoms with Crippen LogP contribution in [-0.4, -0.2) is 25.2 Å². The van der Waals surface area contributed by atoms with Gasteiger partial charge in [-0.2, -0.15) is 13.2 Å². The zero-order valence-electron chi connectivity index (χ0n) is 13.4. The molecule has 1 aliphatic heterocycles. The van der Waals surface area contributed by atoms with Gasteiger partial charge in [0.2, 0.25) is 0 Å². The monoisotopic (exact) mass is 364 g/mol. The van der Waals surface area contributed by atoms with Crippen molar-refractivity contribution in [2.24, 2.45) is 0 Å². The first-order valence-electron chi connectivity index (χ1n) is 7.73. The van der Waals surface area contributed by atoms with E-state index in [4.69, 9.17) is 0 Å². The number of anilines is 3. The molecular formula is C17H15F3N4O2. The molecular weight excluding hydrogens is 349 g/mol. The first-order valence-corrected chi connectivity index (χ1v) is 7.73. The Kier molecular flexibility index (Phi) is 4.70. The number of alkyl halides is 3. The van der Waals surface area contributed by atoms with Crippen molar-refractivity contribution < 1.29 is 22.8 Å². The molecule has 0 aliphatic carbocycles. The van der Waals surface area contributed by atoms with Gasteiger partial charge in [-0.05, 0) is 48.5 Å². The Labute approximate surface area is 147 Å². The molecule has 3 N–H and O–H groups in total. The zero-order chi connectivity index (χ0) is 18.7. The van der Waals surface area contributed by atoms with Crippen LogP contribution in [0.2, 0.25) is 0 Å². The molecule has 1 saturated heterocycles. The summed E-state index contributed by atoms with van der Waals surface area (Å²) in [5.74, 6) is 0. The van der Waals surface area contributed by atoms with E-state index >= 15 is 0 Å². The van der Waals surface area contributed by atoms with Gasteiger partial charge in [0.15, 0.2) is 0 Å². The molecule has 0 aromatic heterocycles. The summed E-state index contributed by atoms with van der Waals surface area (Å²) in [6.45, 7) is 1.15. The molecule has 3 rings (SSSR count). The quantitative estimate of drug-likeness (QED) is 0.773. The molecule has 26 heavy (non-hydrogen) atoms. The Balaban J connectivity index is 1.58. The van der Waals surface area contributed by atoms with Gasteiger partial charge in [0.25, 0.3) is 0 Å². The predicted octanol–water partition coefficient (Wildman–Crippen LogP) is 3.88. The molecule has 0 bridgehead atoms. The molecule has 4 amide bonds. The van der Waals surface area contributed by atoms with E-state index in [9.17, 15) is 22.8 Å². The van der Waals surface area contributed by atoms with Crippen molar-refractivity contribution in [3.8, 4) is 0 Å². The van der Waals surface area contributed by atoms with Crippen LogP contribution in [0.5, 0.6) is 0 Å². The maximum Gasteiger partial charge on any atom is 0.416 e. The van der Waals surface area contributed by atoms with Crippen molar-refractivity contribution in [1.82, 2.24) is 5.32 Å². The van der Waals surface area contributed by atoms with E-state index in [0.29, 0.717) is 24.5 Å². The van der Waals surface area contributed by atoms with Gasteiger partial charge in [-0.25, -0.2) is 9.59 Å². The minimum Gasteiger partial charge on any atom is -0.336 e. The third-order valence-electron chi connectivity index (χ3n) is 3.76. The van der Waals surface area contributed by atoms with Gasteiger partial charge >= 0.3 is 18.2 Å². The number of carbonyl (C=O) groups excluding carboxylic acids is 2. The van der Waals surface area contributed by atoms with Crippen molar-refractivity contribution in [1.29, 1.82) is 0 Å². The van der Waals surface area contributed by atoms with E-state index in [1.807, 2.05) is 0 Å².